The van der Waals surface area contributed by atoms with Crippen LogP contribution in [0.25, 0.3) is 44.1 Å². The molecule has 4 N–H and O–H groups in total. The molecule has 0 aliphatic carbocycles. The molecule has 4 heterocycles. The number of carbonyl (C=O) groups excluding carboxylic acids is 4. The fourth-order valence-corrected chi connectivity index (χ4v) is 8.32. The Balaban J connectivity index is 1.10. The summed E-state index contributed by atoms with van der Waals surface area (Å²) in [5.74, 6) is 0.170. The highest BCUT2D eigenvalue weighted by Gasteiger charge is 2.38. The van der Waals surface area contributed by atoms with Crippen molar-refractivity contribution in [1.29, 1.82) is 0 Å². The van der Waals surface area contributed by atoms with Crippen LogP contribution in [0.1, 0.15) is 69.6 Å². The summed E-state index contributed by atoms with van der Waals surface area (Å²) >= 11 is 0. The second kappa shape index (κ2) is 17.7. The van der Waals surface area contributed by atoms with Gasteiger partial charge in [-0.15, -0.1) is 0 Å². The third kappa shape index (κ3) is 8.65. The van der Waals surface area contributed by atoms with Gasteiger partial charge in [0.25, 0.3) is 0 Å². The number of imidazole rings is 1. The fraction of sp³-hybridized carbons (Fsp3) is 0.409. The van der Waals surface area contributed by atoms with E-state index >= 15 is 0 Å². The van der Waals surface area contributed by atoms with Gasteiger partial charge < -0.3 is 44.6 Å². The minimum absolute atomic E-state index is 0.122. The highest BCUT2D eigenvalue weighted by Crippen LogP contribution is 2.35. The molecule has 2 fully saturated rings. The third-order valence-electron chi connectivity index (χ3n) is 11.5. The molecular formula is C44H51N7O8. The van der Waals surface area contributed by atoms with Gasteiger partial charge >= 0.3 is 12.2 Å². The van der Waals surface area contributed by atoms with Gasteiger partial charge in [-0.05, 0) is 77.8 Å². The first kappa shape index (κ1) is 41.0. The summed E-state index contributed by atoms with van der Waals surface area (Å²) in [5.41, 5.74) is 4.85. The first-order valence-corrected chi connectivity index (χ1v) is 20.0. The van der Waals surface area contributed by atoms with Crippen molar-refractivity contribution in [1.82, 2.24) is 35.4 Å². The van der Waals surface area contributed by atoms with Crippen molar-refractivity contribution in [2.45, 2.75) is 70.1 Å². The lowest BCUT2D eigenvalue weighted by atomic mass is 9.98. The lowest BCUT2D eigenvalue weighted by molar-refractivity contribution is -0.136. The predicted octanol–water partition coefficient (Wildman–Crippen LogP) is 6.21. The Morgan fingerprint density at radius 1 is 0.780 bits per heavy atom. The highest BCUT2D eigenvalue weighted by atomic mass is 16.5. The lowest BCUT2D eigenvalue weighted by Gasteiger charge is -2.30. The first-order chi connectivity index (χ1) is 28.5. The SMILES string of the molecule is COCC[C@H](NC(=O)OC)C(=O)N1CCCC1c1cc(=O)c2ccc(-c3ccc4cc(-c5cnc([C@@H]6CCCN6C(=O)[C@@H](NC(=O)OC)C(C)C)[nH]5)ccc4c3)cc2[nH]1. The second-order valence-electron chi connectivity index (χ2n) is 15.5. The van der Waals surface area contributed by atoms with Gasteiger partial charge in [0.2, 0.25) is 11.8 Å². The van der Waals surface area contributed by atoms with E-state index in [9.17, 15) is 24.0 Å². The number of nitrogens with one attached hydrogen (secondary N) is 4. The fourth-order valence-electron chi connectivity index (χ4n) is 8.32. The number of hydrogen-bond acceptors (Lipinski definition) is 9. The topological polar surface area (TPSA) is 188 Å². The average Bonchev–Trinajstić information content (AvgIpc) is 4.05. The van der Waals surface area contributed by atoms with Crippen LogP contribution in [0.2, 0.25) is 0 Å². The Morgan fingerprint density at radius 3 is 2.10 bits per heavy atom. The molecule has 59 heavy (non-hydrogen) atoms. The molecule has 4 atom stereocenters. The number of pyridine rings is 1. The van der Waals surface area contributed by atoms with Crippen LogP contribution < -0.4 is 16.1 Å². The van der Waals surface area contributed by atoms with Crippen molar-refractivity contribution in [3.63, 3.8) is 0 Å². The molecule has 2 aromatic heterocycles. The second-order valence-corrected chi connectivity index (χ2v) is 15.5. The molecule has 310 valence electrons. The van der Waals surface area contributed by atoms with E-state index < -0.39 is 24.3 Å². The maximum absolute atomic E-state index is 13.7. The number of fused-ring (bicyclic) bond motifs is 2. The number of alkyl carbamates (subject to hydrolysis) is 2. The first-order valence-electron chi connectivity index (χ1n) is 20.0. The van der Waals surface area contributed by atoms with E-state index in [4.69, 9.17) is 19.2 Å². The van der Waals surface area contributed by atoms with Crippen molar-refractivity contribution in [3.05, 3.63) is 88.6 Å². The molecule has 2 aliphatic rings. The van der Waals surface area contributed by atoms with E-state index in [1.807, 2.05) is 38.1 Å². The van der Waals surface area contributed by atoms with Crippen molar-refractivity contribution < 1.29 is 33.4 Å². The number of carbonyl (C=O) groups is 4. The van der Waals surface area contributed by atoms with Gasteiger partial charge in [-0.3, -0.25) is 14.4 Å². The van der Waals surface area contributed by atoms with Gasteiger partial charge in [-0.1, -0.05) is 44.2 Å². The van der Waals surface area contributed by atoms with E-state index in [0.717, 1.165) is 52.4 Å². The standard InChI is InChI=1S/C44H51N7O8/c1-25(2)39(49-44(56)59-5)42(54)51-18-7-9-37(51)40-45-24-35(47-40)30-13-12-26-20-27(10-11-28(26)21-30)29-14-15-31-33(22-29)46-34(23-38(31)52)36-8-6-17-50(36)41(53)32(16-19-57-3)48-43(55)58-4/h10-15,20-25,32,36-37,39H,6-9,16-19H2,1-5H3,(H,45,47)(H,46,52)(H,48,55)(H,49,56)/t32-,36?,37-,39-/m0/s1. The third-order valence-corrected chi connectivity index (χ3v) is 11.5. The molecule has 4 amide bonds. The smallest absolute Gasteiger partial charge is 0.407 e. The summed E-state index contributed by atoms with van der Waals surface area (Å²) in [5, 5.41) is 7.93. The number of methoxy groups -OCH3 is 3. The van der Waals surface area contributed by atoms with Gasteiger partial charge in [0, 0.05) is 55.9 Å². The zero-order valence-corrected chi connectivity index (χ0v) is 34.0. The molecule has 0 saturated carbocycles. The molecule has 7 rings (SSSR count). The van der Waals surface area contributed by atoms with Crippen LogP contribution in [-0.4, -0.2) is 102 Å². The summed E-state index contributed by atoms with van der Waals surface area (Å²) in [4.78, 5) is 79.9. The maximum atomic E-state index is 13.7. The Labute approximate surface area is 341 Å². The number of rotatable bonds is 12. The number of ether oxygens (including phenoxy) is 3. The average molecular weight is 806 g/mol. The van der Waals surface area contributed by atoms with Crippen molar-refractivity contribution in [2.24, 2.45) is 5.92 Å². The molecule has 0 radical (unpaired) electrons. The van der Waals surface area contributed by atoms with Crippen molar-refractivity contribution >= 4 is 45.7 Å². The minimum atomic E-state index is -0.829. The normalized spacial score (nSPS) is 17.7. The van der Waals surface area contributed by atoms with Crippen LogP contribution in [-0.2, 0) is 23.8 Å². The largest absolute Gasteiger partial charge is 0.453 e. The highest BCUT2D eigenvalue weighted by molar-refractivity contribution is 5.92. The van der Waals surface area contributed by atoms with E-state index in [1.165, 1.54) is 21.3 Å². The van der Waals surface area contributed by atoms with Gasteiger partial charge in [0.1, 0.15) is 17.9 Å². The van der Waals surface area contributed by atoms with Crippen LogP contribution in [0.3, 0.4) is 0 Å². The number of benzene rings is 3. The number of likely N-dealkylation sites (tertiary alicyclic amines) is 2. The van der Waals surface area contributed by atoms with Crippen LogP contribution in [0, 0.1) is 5.92 Å². The summed E-state index contributed by atoms with van der Waals surface area (Å²) < 4.78 is 14.7. The maximum Gasteiger partial charge on any atom is 0.407 e. The predicted molar refractivity (Wildman–Crippen MR) is 222 cm³/mol. The summed E-state index contributed by atoms with van der Waals surface area (Å²) in [6.45, 7) is 5.13. The molecule has 1 unspecified atom stereocenters. The van der Waals surface area contributed by atoms with Gasteiger partial charge in [-0.25, -0.2) is 14.6 Å². The minimum Gasteiger partial charge on any atom is -0.453 e. The zero-order chi connectivity index (χ0) is 41.8. The number of H-pyrrole nitrogens is 2. The van der Waals surface area contributed by atoms with Crippen molar-refractivity contribution in [2.75, 3.05) is 41.0 Å². The number of amides is 4. The molecule has 0 spiro atoms. The molecule has 0 bridgehead atoms. The monoisotopic (exact) mass is 805 g/mol. The Morgan fingerprint density at radius 2 is 1.41 bits per heavy atom. The Kier molecular flexibility index (Phi) is 12.3. The van der Waals surface area contributed by atoms with Gasteiger partial charge in [0.15, 0.2) is 5.43 Å². The Bertz CT molecular complexity index is 2430. The van der Waals surface area contributed by atoms with Gasteiger partial charge in [0.05, 0.1) is 43.7 Å². The lowest BCUT2D eigenvalue weighted by Crippen LogP contribution is -2.51. The van der Waals surface area contributed by atoms with Crippen LogP contribution in [0.4, 0.5) is 9.59 Å². The van der Waals surface area contributed by atoms with E-state index in [1.54, 1.807) is 22.1 Å². The quantitative estimate of drug-likeness (QED) is 0.114. The van der Waals surface area contributed by atoms with Gasteiger partial charge in [-0.2, -0.15) is 0 Å². The molecule has 2 aliphatic heterocycles. The zero-order valence-electron chi connectivity index (χ0n) is 34.0. The number of nitrogens with zero attached hydrogens (tertiary/aromatic N) is 3. The number of hydrogen-bond donors (Lipinski definition) is 4. The van der Waals surface area contributed by atoms with E-state index in [2.05, 4.69) is 50.9 Å². The molecule has 15 nitrogen and oxygen atoms in total. The summed E-state index contributed by atoms with van der Waals surface area (Å²) in [6, 6.07) is 17.6. The Hall–Kier alpha value is -6.22. The van der Waals surface area contributed by atoms with Crippen molar-refractivity contribution in [3.8, 4) is 22.4 Å². The molecule has 5 aromatic rings. The number of aromatic nitrogens is 3. The molecule has 2 saturated heterocycles. The van der Waals surface area contributed by atoms with Crippen LogP contribution in [0.5, 0.6) is 0 Å². The molecule has 3 aromatic carbocycles. The summed E-state index contributed by atoms with van der Waals surface area (Å²) in [7, 11) is 4.07. The number of aromatic amines is 2. The molecular weight excluding hydrogens is 755 g/mol. The van der Waals surface area contributed by atoms with Crippen LogP contribution in [0.15, 0.2) is 71.7 Å². The van der Waals surface area contributed by atoms with Crippen LogP contribution >= 0.6 is 0 Å². The van der Waals surface area contributed by atoms with E-state index in [0.29, 0.717) is 41.9 Å². The molecule has 15 heteroatoms. The van der Waals surface area contributed by atoms with E-state index in [-0.39, 0.29) is 48.3 Å². The summed E-state index contributed by atoms with van der Waals surface area (Å²) in [6.07, 6.45) is 3.76.